The number of rotatable bonds is 3. The second-order valence-corrected chi connectivity index (χ2v) is 12.1. The van der Waals surface area contributed by atoms with Crippen molar-refractivity contribution in [2.24, 2.45) is 40.4 Å². The molecule has 1 N–H and O–H groups in total. The molecule has 1 aromatic rings. The van der Waals surface area contributed by atoms with Crippen LogP contribution < -0.4 is 0 Å². The van der Waals surface area contributed by atoms with Crippen LogP contribution in [-0.2, 0) is 11.3 Å². The summed E-state index contributed by atoms with van der Waals surface area (Å²) < 4.78 is 17.2. The van der Waals surface area contributed by atoms with Crippen molar-refractivity contribution in [2.75, 3.05) is 0 Å². The van der Waals surface area contributed by atoms with Gasteiger partial charge in [-0.3, -0.25) is 9.48 Å². The summed E-state index contributed by atoms with van der Waals surface area (Å²) in [7, 11) is 0. The largest absolute Gasteiger partial charge is 0.390 e. The number of aliphatic hydroxyl groups is 1. The van der Waals surface area contributed by atoms with E-state index in [2.05, 4.69) is 25.0 Å². The highest BCUT2D eigenvalue weighted by Crippen LogP contribution is 2.70. The SMILES string of the molecule is C[C@@]1(O)CC[C@H]2C(C1)[C@H](F)C[C@@]1(C)[C@@H]3CC[C@H](C(=O)Cn4cc(C#N)cn4)[C@@]3(C)CC[C@H]21. The van der Waals surface area contributed by atoms with E-state index in [0.717, 1.165) is 38.5 Å². The molecule has 0 bridgehead atoms. The van der Waals surface area contributed by atoms with E-state index in [4.69, 9.17) is 5.26 Å². The number of fused-ring (bicyclic) bond motifs is 5. The van der Waals surface area contributed by atoms with Crippen molar-refractivity contribution >= 4 is 5.78 Å². The number of aromatic nitrogens is 2. The molecule has 0 aliphatic heterocycles. The molecule has 4 aliphatic rings. The number of carbonyl (C=O) groups is 1. The topological polar surface area (TPSA) is 78.9 Å². The van der Waals surface area contributed by atoms with Crippen LogP contribution in [0.15, 0.2) is 12.4 Å². The summed E-state index contributed by atoms with van der Waals surface area (Å²) in [5.74, 6) is 1.36. The van der Waals surface area contributed by atoms with Crippen molar-refractivity contribution in [1.29, 1.82) is 5.26 Å². The Kier molecular flexibility index (Phi) is 5.09. The normalized spacial score (nSPS) is 47.8. The highest BCUT2D eigenvalue weighted by molar-refractivity contribution is 5.82. The highest BCUT2D eigenvalue weighted by Gasteiger charge is 2.65. The molecule has 4 fully saturated rings. The Morgan fingerprint density at radius 1 is 1.19 bits per heavy atom. The first-order chi connectivity index (χ1) is 15.1. The second-order valence-electron chi connectivity index (χ2n) is 12.1. The molecule has 0 saturated heterocycles. The third-order valence-corrected chi connectivity index (χ3v) is 10.3. The lowest BCUT2D eigenvalue weighted by Gasteiger charge is -2.63. The van der Waals surface area contributed by atoms with Gasteiger partial charge in [0.1, 0.15) is 12.2 Å². The zero-order valence-electron chi connectivity index (χ0n) is 19.6. The zero-order valence-corrected chi connectivity index (χ0v) is 19.6. The molecule has 32 heavy (non-hydrogen) atoms. The predicted molar refractivity (Wildman–Crippen MR) is 118 cm³/mol. The fourth-order valence-electron chi connectivity index (χ4n) is 8.95. The third kappa shape index (κ3) is 3.26. The van der Waals surface area contributed by atoms with Gasteiger partial charge in [0.2, 0.25) is 0 Å². The molecule has 5 rings (SSSR count). The number of nitriles is 1. The Bertz CT molecular complexity index is 951. The quantitative estimate of drug-likeness (QED) is 0.739. The molecule has 6 heteroatoms. The van der Waals surface area contributed by atoms with E-state index < -0.39 is 11.8 Å². The van der Waals surface area contributed by atoms with E-state index in [9.17, 15) is 9.90 Å². The lowest BCUT2D eigenvalue weighted by molar-refractivity contribution is -0.171. The van der Waals surface area contributed by atoms with Crippen LogP contribution in [0.1, 0.15) is 77.7 Å². The van der Waals surface area contributed by atoms with Gasteiger partial charge in [0.05, 0.1) is 23.9 Å². The number of Topliss-reactive ketones (excluding diaryl/α,β-unsaturated/α-hetero) is 1. The van der Waals surface area contributed by atoms with Gasteiger partial charge in [0.25, 0.3) is 0 Å². The molecule has 5 nitrogen and oxygen atoms in total. The molecule has 1 unspecified atom stereocenters. The second kappa shape index (κ2) is 7.38. The van der Waals surface area contributed by atoms with Crippen LogP contribution in [0.4, 0.5) is 4.39 Å². The summed E-state index contributed by atoms with van der Waals surface area (Å²) in [6, 6.07) is 2.07. The van der Waals surface area contributed by atoms with Crippen LogP contribution in [-0.4, -0.2) is 32.4 Å². The van der Waals surface area contributed by atoms with Gasteiger partial charge in [0, 0.05) is 12.1 Å². The van der Waals surface area contributed by atoms with Crippen LogP contribution in [0.3, 0.4) is 0 Å². The molecular weight excluding hydrogens is 405 g/mol. The van der Waals surface area contributed by atoms with E-state index in [1.807, 2.05) is 6.92 Å². The molecular formula is C26H36FN3O2. The maximum Gasteiger partial charge on any atom is 0.157 e. The predicted octanol–water partition coefficient (Wildman–Crippen LogP) is 4.68. The number of hydrogen-bond acceptors (Lipinski definition) is 4. The molecule has 1 heterocycles. The number of carbonyl (C=O) groups excluding carboxylic acids is 1. The van der Waals surface area contributed by atoms with Gasteiger partial charge < -0.3 is 5.11 Å². The average Bonchev–Trinajstić information content (AvgIpc) is 3.32. The molecule has 0 spiro atoms. The molecule has 0 radical (unpaired) electrons. The lowest BCUT2D eigenvalue weighted by Crippen LogP contribution is -2.59. The van der Waals surface area contributed by atoms with Crippen LogP contribution in [0.5, 0.6) is 0 Å². The van der Waals surface area contributed by atoms with E-state index in [0.29, 0.717) is 36.2 Å². The van der Waals surface area contributed by atoms with Crippen LogP contribution in [0.25, 0.3) is 0 Å². The van der Waals surface area contributed by atoms with Gasteiger partial charge in [-0.1, -0.05) is 13.8 Å². The van der Waals surface area contributed by atoms with Crippen LogP contribution >= 0.6 is 0 Å². The Morgan fingerprint density at radius 3 is 2.69 bits per heavy atom. The van der Waals surface area contributed by atoms with Gasteiger partial charge in [-0.05, 0) is 92.8 Å². The smallest absolute Gasteiger partial charge is 0.157 e. The summed E-state index contributed by atoms with van der Waals surface area (Å²) >= 11 is 0. The number of halogens is 1. The molecule has 0 amide bonds. The Morgan fingerprint density at radius 2 is 1.97 bits per heavy atom. The van der Waals surface area contributed by atoms with Crippen molar-refractivity contribution < 1.29 is 14.3 Å². The van der Waals surface area contributed by atoms with E-state index in [-0.39, 0.29) is 35.0 Å². The lowest BCUT2D eigenvalue weighted by atomic mass is 9.42. The summed E-state index contributed by atoms with van der Waals surface area (Å²) in [5, 5.41) is 23.8. The minimum Gasteiger partial charge on any atom is -0.390 e. The average molecular weight is 442 g/mol. The minimum absolute atomic E-state index is 0.0193. The summed E-state index contributed by atoms with van der Waals surface area (Å²) in [4.78, 5) is 13.4. The van der Waals surface area contributed by atoms with Gasteiger partial charge in [-0.25, -0.2) is 4.39 Å². The van der Waals surface area contributed by atoms with Crippen LogP contribution in [0.2, 0.25) is 0 Å². The zero-order chi connectivity index (χ0) is 22.9. The summed E-state index contributed by atoms with van der Waals surface area (Å²) in [5.41, 5.74) is -0.435. The van der Waals surface area contributed by atoms with Gasteiger partial charge >= 0.3 is 0 Å². The van der Waals surface area contributed by atoms with E-state index >= 15 is 4.39 Å². The molecule has 0 aromatic carbocycles. The standard InChI is InChI=1S/C26H36FN3O2/c1-24(32)8-6-17-18(10-24)21(27)11-26(3)19(17)7-9-25(2)20(4-5-23(25)26)22(31)15-30-14-16(12-28)13-29-30/h13-14,17-21,23,32H,4-11,15H2,1-3H3/t17-,18?,19+,20+,21+,23+,24+,25+,26+/m0/s1. The van der Waals surface area contributed by atoms with Crippen molar-refractivity contribution in [3.63, 3.8) is 0 Å². The third-order valence-electron chi connectivity index (χ3n) is 10.3. The van der Waals surface area contributed by atoms with Gasteiger partial charge in [0.15, 0.2) is 5.78 Å². The number of nitrogens with zero attached hydrogens (tertiary/aromatic N) is 3. The monoisotopic (exact) mass is 441 g/mol. The number of ketones is 1. The van der Waals surface area contributed by atoms with E-state index in [1.54, 1.807) is 10.9 Å². The van der Waals surface area contributed by atoms with Crippen molar-refractivity contribution in [3.05, 3.63) is 18.0 Å². The Labute approximate surface area is 190 Å². The first kappa shape index (κ1) is 22.1. The molecule has 4 aliphatic carbocycles. The van der Waals surface area contributed by atoms with E-state index in [1.165, 1.54) is 6.20 Å². The first-order valence-corrected chi connectivity index (χ1v) is 12.4. The number of hydrogen-bond donors (Lipinski definition) is 1. The molecule has 1 aromatic heterocycles. The Balaban J connectivity index is 1.38. The molecule has 174 valence electrons. The van der Waals surface area contributed by atoms with Crippen LogP contribution in [0, 0.1) is 51.8 Å². The van der Waals surface area contributed by atoms with Gasteiger partial charge in [-0.15, -0.1) is 0 Å². The molecule has 4 saturated carbocycles. The van der Waals surface area contributed by atoms with Crippen molar-refractivity contribution in [2.45, 2.75) is 90.5 Å². The highest BCUT2D eigenvalue weighted by atomic mass is 19.1. The summed E-state index contributed by atoms with van der Waals surface area (Å²) in [6.07, 6.45) is 9.06. The first-order valence-electron chi connectivity index (χ1n) is 12.4. The number of alkyl halides is 1. The van der Waals surface area contributed by atoms with Gasteiger partial charge in [-0.2, -0.15) is 10.4 Å². The fraction of sp³-hybridized carbons (Fsp3) is 0.808. The molecule has 9 atom stereocenters. The minimum atomic E-state index is -0.862. The van der Waals surface area contributed by atoms with Crippen molar-refractivity contribution in [1.82, 2.24) is 9.78 Å². The fourth-order valence-corrected chi connectivity index (χ4v) is 8.95. The maximum absolute atomic E-state index is 15.6. The summed E-state index contributed by atoms with van der Waals surface area (Å²) in [6.45, 7) is 6.67. The maximum atomic E-state index is 15.6. The Hall–Kier alpha value is -1.74. The van der Waals surface area contributed by atoms with Crippen molar-refractivity contribution in [3.8, 4) is 6.07 Å².